The van der Waals surface area contributed by atoms with E-state index in [-0.39, 0.29) is 6.04 Å². The average Bonchev–Trinajstić information content (AvgIpc) is 2.16. The van der Waals surface area contributed by atoms with Crippen molar-refractivity contribution in [3.8, 4) is 5.75 Å². The average molecular weight is 177 g/mol. The summed E-state index contributed by atoms with van der Waals surface area (Å²) in [6, 6.07) is 5.21. The van der Waals surface area contributed by atoms with Crippen LogP contribution in [-0.4, -0.2) is 5.11 Å². The zero-order valence-corrected chi connectivity index (χ0v) is 7.83. The molecule has 0 amide bonds. The molecule has 2 heteroatoms. The van der Waals surface area contributed by atoms with E-state index in [1.165, 1.54) is 0 Å². The van der Waals surface area contributed by atoms with Crippen molar-refractivity contribution in [2.45, 2.75) is 19.4 Å². The van der Waals surface area contributed by atoms with Crippen LogP contribution < -0.4 is 5.73 Å². The Morgan fingerprint density at radius 3 is 2.85 bits per heavy atom. The Bertz CT molecular complexity index is 307. The normalized spacial score (nSPS) is 12.5. The SMILES string of the molecule is C=CC(N)c1cccc(O)c1CC. The first-order valence-electron chi connectivity index (χ1n) is 4.39. The Kier molecular flexibility index (Phi) is 3.09. The highest BCUT2D eigenvalue weighted by Crippen LogP contribution is 2.25. The summed E-state index contributed by atoms with van der Waals surface area (Å²) in [6.45, 7) is 5.63. The van der Waals surface area contributed by atoms with E-state index in [4.69, 9.17) is 5.73 Å². The van der Waals surface area contributed by atoms with Crippen LogP contribution in [0.25, 0.3) is 0 Å². The van der Waals surface area contributed by atoms with Gasteiger partial charge < -0.3 is 10.8 Å². The second-order valence-corrected chi connectivity index (χ2v) is 2.96. The van der Waals surface area contributed by atoms with Crippen LogP contribution in [0.4, 0.5) is 0 Å². The lowest BCUT2D eigenvalue weighted by Gasteiger charge is -2.12. The Hall–Kier alpha value is -1.28. The minimum atomic E-state index is -0.193. The maximum Gasteiger partial charge on any atom is 0.119 e. The number of phenols is 1. The van der Waals surface area contributed by atoms with Crippen LogP contribution in [0.1, 0.15) is 24.1 Å². The fourth-order valence-electron chi connectivity index (χ4n) is 1.42. The van der Waals surface area contributed by atoms with Gasteiger partial charge in [-0.25, -0.2) is 0 Å². The van der Waals surface area contributed by atoms with Crippen molar-refractivity contribution in [3.05, 3.63) is 42.0 Å². The first-order chi connectivity index (χ1) is 6.20. The Balaban J connectivity index is 3.19. The molecule has 0 aliphatic heterocycles. The molecule has 1 atom stereocenters. The van der Waals surface area contributed by atoms with Gasteiger partial charge in [-0.15, -0.1) is 6.58 Å². The summed E-state index contributed by atoms with van der Waals surface area (Å²) >= 11 is 0. The lowest BCUT2D eigenvalue weighted by Crippen LogP contribution is -2.09. The third-order valence-corrected chi connectivity index (χ3v) is 2.15. The van der Waals surface area contributed by atoms with Gasteiger partial charge in [-0.2, -0.15) is 0 Å². The van der Waals surface area contributed by atoms with Gasteiger partial charge >= 0.3 is 0 Å². The molecule has 1 unspecified atom stereocenters. The molecular weight excluding hydrogens is 162 g/mol. The summed E-state index contributed by atoms with van der Waals surface area (Å²) in [5.41, 5.74) is 7.68. The number of nitrogens with two attached hydrogens (primary N) is 1. The third kappa shape index (κ3) is 1.90. The predicted molar refractivity (Wildman–Crippen MR) is 54.6 cm³/mol. The van der Waals surface area contributed by atoms with Crippen molar-refractivity contribution >= 4 is 0 Å². The largest absolute Gasteiger partial charge is 0.508 e. The monoisotopic (exact) mass is 177 g/mol. The first-order valence-corrected chi connectivity index (χ1v) is 4.39. The van der Waals surface area contributed by atoms with Gasteiger partial charge in [0, 0.05) is 6.04 Å². The molecule has 0 spiro atoms. The van der Waals surface area contributed by atoms with Crippen LogP contribution in [0.2, 0.25) is 0 Å². The van der Waals surface area contributed by atoms with Crippen molar-refractivity contribution < 1.29 is 5.11 Å². The Morgan fingerprint density at radius 1 is 1.62 bits per heavy atom. The smallest absolute Gasteiger partial charge is 0.119 e. The van der Waals surface area contributed by atoms with Gasteiger partial charge in [-0.3, -0.25) is 0 Å². The maximum atomic E-state index is 9.55. The molecule has 0 radical (unpaired) electrons. The van der Waals surface area contributed by atoms with Gasteiger partial charge in [-0.05, 0) is 23.6 Å². The molecule has 3 N–H and O–H groups in total. The molecule has 0 saturated carbocycles. The number of rotatable bonds is 3. The zero-order valence-electron chi connectivity index (χ0n) is 7.83. The van der Waals surface area contributed by atoms with Crippen molar-refractivity contribution in [2.24, 2.45) is 5.73 Å². The van der Waals surface area contributed by atoms with E-state index in [9.17, 15) is 5.11 Å². The number of hydrogen-bond acceptors (Lipinski definition) is 2. The standard InChI is InChI=1S/C11H15NO/c1-3-8-9(10(12)4-2)6-5-7-11(8)13/h4-7,10,13H,2-3,12H2,1H3. The van der Waals surface area contributed by atoms with Crippen LogP contribution >= 0.6 is 0 Å². The van der Waals surface area contributed by atoms with E-state index in [1.54, 1.807) is 18.2 Å². The van der Waals surface area contributed by atoms with E-state index in [0.29, 0.717) is 5.75 Å². The topological polar surface area (TPSA) is 46.2 Å². The Morgan fingerprint density at radius 2 is 2.31 bits per heavy atom. The second kappa shape index (κ2) is 4.10. The number of phenolic OH excluding ortho intramolecular Hbond substituents is 1. The first kappa shape index (κ1) is 9.81. The highest BCUT2D eigenvalue weighted by Gasteiger charge is 2.09. The summed E-state index contributed by atoms with van der Waals surface area (Å²) in [4.78, 5) is 0. The highest BCUT2D eigenvalue weighted by atomic mass is 16.3. The van der Waals surface area contributed by atoms with Crippen molar-refractivity contribution in [3.63, 3.8) is 0 Å². The highest BCUT2D eigenvalue weighted by molar-refractivity contribution is 5.41. The van der Waals surface area contributed by atoms with Crippen LogP contribution in [0, 0.1) is 0 Å². The summed E-state index contributed by atoms with van der Waals surface area (Å²) in [7, 11) is 0. The molecule has 0 fully saturated rings. The molecule has 1 aromatic carbocycles. The van der Waals surface area contributed by atoms with Gasteiger partial charge in [-0.1, -0.05) is 25.1 Å². The second-order valence-electron chi connectivity index (χ2n) is 2.96. The number of benzene rings is 1. The van der Waals surface area contributed by atoms with Crippen molar-refractivity contribution in [1.29, 1.82) is 0 Å². The molecule has 1 aromatic rings. The molecule has 2 nitrogen and oxygen atoms in total. The molecule has 0 aliphatic rings. The fraction of sp³-hybridized carbons (Fsp3) is 0.273. The number of aromatic hydroxyl groups is 1. The third-order valence-electron chi connectivity index (χ3n) is 2.15. The summed E-state index contributed by atoms with van der Waals surface area (Å²) in [6.07, 6.45) is 2.46. The minimum absolute atomic E-state index is 0.193. The van der Waals surface area contributed by atoms with E-state index >= 15 is 0 Å². The summed E-state index contributed by atoms with van der Waals surface area (Å²) < 4.78 is 0. The van der Waals surface area contributed by atoms with Crippen molar-refractivity contribution in [1.82, 2.24) is 0 Å². The molecule has 0 bridgehead atoms. The van der Waals surface area contributed by atoms with E-state index in [1.807, 2.05) is 13.0 Å². The molecule has 0 aromatic heterocycles. The van der Waals surface area contributed by atoms with E-state index in [0.717, 1.165) is 17.5 Å². The van der Waals surface area contributed by atoms with E-state index < -0.39 is 0 Å². The van der Waals surface area contributed by atoms with Crippen LogP contribution in [0.5, 0.6) is 5.75 Å². The van der Waals surface area contributed by atoms with Crippen LogP contribution in [0.15, 0.2) is 30.9 Å². The van der Waals surface area contributed by atoms with Gasteiger partial charge in [0.2, 0.25) is 0 Å². The minimum Gasteiger partial charge on any atom is -0.508 e. The van der Waals surface area contributed by atoms with E-state index in [2.05, 4.69) is 6.58 Å². The van der Waals surface area contributed by atoms with Crippen LogP contribution in [0.3, 0.4) is 0 Å². The number of hydrogen-bond donors (Lipinski definition) is 2. The fourth-order valence-corrected chi connectivity index (χ4v) is 1.42. The molecular formula is C11H15NO. The summed E-state index contributed by atoms with van der Waals surface area (Å²) in [5.74, 6) is 0.317. The van der Waals surface area contributed by atoms with Crippen LogP contribution in [-0.2, 0) is 6.42 Å². The molecule has 0 aliphatic carbocycles. The van der Waals surface area contributed by atoms with Gasteiger partial charge in [0.25, 0.3) is 0 Å². The molecule has 13 heavy (non-hydrogen) atoms. The van der Waals surface area contributed by atoms with Gasteiger partial charge in [0.1, 0.15) is 5.75 Å². The maximum absolute atomic E-state index is 9.55. The van der Waals surface area contributed by atoms with Gasteiger partial charge in [0.15, 0.2) is 0 Å². The van der Waals surface area contributed by atoms with Crippen molar-refractivity contribution in [2.75, 3.05) is 0 Å². The summed E-state index contributed by atoms with van der Waals surface area (Å²) in [5, 5.41) is 9.55. The zero-order chi connectivity index (χ0) is 9.84. The molecule has 0 heterocycles. The Labute approximate surface area is 78.7 Å². The molecule has 0 saturated heterocycles. The van der Waals surface area contributed by atoms with Gasteiger partial charge in [0.05, 0.1) is 0 Å². The molecule has 1 rings (SSSR count). The lowest BCUT2D eigenvalue weighted by molar-refractivity contribution is 0.467. The molecule has 70 valence electrons. The predicted octanol–water partition coefficient (Wildman–Crippen LogP) is 2.14. The lowest BCUT2D eigenvalue weighted by atomic mass is 9.98. The quantitative estimate of drug-likeness (QED) is 0.695.